The molecule has 0 aromatic heterocycles. The molecule has 0 N–H and O–H groups in total. The van der Waals surface area contributed by atoms with E-state index < -0.39 is 17.4 Å². The maximum absolute atomic E-state index is 3.52. The largest absolute Gasteiger partial charge is 0.147 e. The molecule has 4 aromatic rings. The average molecular weight is 663 g/mol. The van der Waals surface area contributed by atoms with Crippen molar-refractivity contribution in [3.8, 4) is 22.3 Å². The Morgan fingerprint density at radius 1 is 0.500 bits per heavy atom. The van der Waals surface area contributed by atoms with Gasteiger partial charge in [0.2, 0.25) is 0 Å². The van der Waals surface area contributed by atoms with Gasteiger partial charge in [-0.3, -0.25) is 0 Å². The molecule has 0 amide bonds. The molecule has 0 aliphatic heterocycles. The summed E-state index contributed by atoms with van der Waals surface area (Å²) in [5.74, 6) is 0. The Morgan fingerprint density at radius 2 is 0.850 bits per heavy atom. The van der Waals surface area contributed by atoms with Crippen molar-refractivity contribution in [3.05, 3.63) is 129 Å². The van der Waals surface area contributed by atoms with Crippen molar-refractivity contribution < 1.29 is 17.4 Å². The van der Waals surface area contributed by atoms with E-state index in [4.69, 9.17) is 0 Å². The first-order chi connectivity index (χ1) is 18.1. The van der Waals surface area contributed by atoms with Crippen LogP contribution < -0.4 is 0 Å². The summed E-state index contributed by atoms with van der Waals surface area (Å²) in [6, 6.07) is 31.8. The number of fused-ring (bicyclic) bond motifs is 2. The van der Waals surface area contributed by atoms with Crippen LogP contribution in [0.15, 0.2) is 96.1 Å². The van der Waals surface area contributed by atoms with E-state index in [9.17, 15) is 0 Å². The molecule has 2 unspecified atom stereocenters. The van der Waals surface area contributed by atoms with E-state index in [0.717, 1.165) is 0 Å². The van der Waals surface area contributed by atoms with Gasteiger partial charge in [-0.25, -0.2) is 0 Å². The van der Waals surface area contributed by atoms with Crippen LogP contribution in [0.25, 0.3) is 34.4 Å². The van der Waals surface area contributed by atoms with E-state index >= 15 is 0 Å². The molecule has 0 fully saturated rings. The van der Waals surface area contributed by atoms with Gasteiger partial charge in [-0.2, -0.15) is 0 Å². The van der Waals surface area contributed by atoms with Gasteiger partial charge in [-0.15, -0.1) is 24.8 Å². The van der Waals surface area contributed by atoms with Gasteiger partial charge < -0.3 is 0 Å². The average Bonchev–Trinajstić information content (AvgIpc) is 3.41. The zero-order valence-electron chi connectivity index (χ0n) is 24.4. The van der Waals surface area contributed by atoms with Crippen molar-refractivity contribution in [3.63, 3.8) is 0 Å². The van der Waals surface area contributed by atoms with Gasteiger partial charge in [-0.05, 0) is 0 Å². The number of hydrogen-bond acceptors (Lipinski definition) is 0. The minimum atomic E-state index is -3.52. The summed E-state index contributed by atoms with van der Waals surface area (Å²) < 4.78 is 6.54. The third-order valence-corrected chi connectivity index (χ3v) is 27.2. The van der Waals surface area contributed by atoms with Crippen molar-refractivity contribution >= 4 is 43.8 Å². The number of allylic oxidation sites excluding steroid dienone is 2. The van der Waals surface area contributed by atoms with Crippen LogP contribution in [0.2, 0.25) is 9.26 Å². The Balaban J connectivity index is 0.00000185. The van der Waals surface area contributed by atoms with E-state index in [-0.39, 0.29) is 24.8 Å². The Bertz CT molecular complexity index is 1630. The maximum atomic E-state index is 2.73. The second-order valence-electron chi connectivity index (χ2n) is 12.8. The Kier molecular flexibility index (Phi) is 8.55. The van der Waals surface area contributed by atoms with Crippen molar-refractivity contribution in [2.45, 2.75) is 44.2 Å². The van der Waals surface area contributed by atoms with Gasteiger partial charge in [0, 0.05) is 0 Å². The summed E-state index contributed by atoms with van der Waals surface area (Å²) in [6.45, 7) is 11.7. The number of benzene rings is 4. The van der Waals surface area contributed by atoms with Crippen molar-refractivity contribution in [1.29, 1.82) is 0 Å². The van der Waals surface area contributed by atoms with Crippen molar-refractivity contribution in [2.24, 2.45) is 0 Å². The Hall–Kier alpha value is -1.96. The Morgan fingerprint density at radius 3 is 1.23 bits per heavy atom. The van der Waals surface area contributed by atoms with Gasteiger partial charge in [0.25, 0.3) is 0 Å². The number of rotatable bonds is 4. The van der Waals surface area contributed by atoms with Crippen LogP contribution in [0.1, 0.15) is 54.5 Å². The fraction of sp³-hybridized carbons (Fsp3) is 0.222. The quantitative estimate of drug-likeness (QED) is 0.191. The van der Waals surface area contributed by atoms with Crippen LogP contribution in [0.5, 0.6) is 0 Å². The molecule has 0 spiro atoms. The van der Waals surface area contributed by atoms with Gasteiger partial charge in [-0.1, -0.05) is 0 Å². The molecule has 2 atom stereocenters. The van der Waals surface area contributed by atoms with Crippen molar-refractivity contribution in [1.82, 2.24) is 0 Å². The molecule has 0 saturated heterocycles. The first-order valence-electron chi connectivity index (χ1n) is 13.9. The number of aryl methyl sites for hydroxylation is 2. The third kappa shape index (κ3) is 4.80. The fourth-order valence-corrected chi connectivity index (χ4v) is 29.3. The zero-order valence-corrected chi connectivity index (χ0v) is 29.9. The maximum Gasteiger partial charge on any atom is -0.147 e. The molecule has 206 valence electrons. The molecule has 2 aliphatic carbocycles. The van der Waals surface area contributed by atoms with Crippen molar-refractivity contribution in [2.75, 3.05) is 0 Å². The first kappa shape index (κ1) is 31.0. The van der Waals surface area contributed by atoms with E-state index in [1.165, 1.54) is 44.5 Å². The van der Waals surface area contributed by atoms with Crippen LogP contribution in [0.3, 0.4) is 0 Å². The van der Waals surface area contributed by atoms with Crippen LogP contribution in [-0.4, -0.2) is 6.88 Å². The molecular formula is C36H40Cl2SiZr. The molecule has 4 aromatic carbocycles. The van der Waals surface area contributed by atoms with Gasteiger partial charge >= 0.3 is 232 Å². The molecule has 0 heterocycles. The molecular weight excluding hydrogens is 623 g/mol. The molecule has 6 rings (SSSR count). The fourth-order valence-electron chi connectivity index (χ4n) is 8.01. The number of halogens is 2. The monoisotopic (exact) mass is 660 g/mol. The first-order valence-corrected chi connectivity index (χ1v) is 27.6. The number of hydrogen-bond donors (Lipinski definition) is 0. The molecule has 2 aliphatic rings. The standard InChI is InChI=1S/2C17H15.2CH3.2ClH.H2Si.Zr/c2*1-12-10-14-7-5-9-16(17(14)11-12)15-8-4-3-6-13(15)2;;;;;;/h2*3-11H,1-2H3;2*1H3;2*1H;1H2;. The summed E-state index contributed by atoms with van der Waals surface area (Å²) in [5.41, 5.74) is 17.3. The SMILES string of the molecule is CC1=Cc2c(-c3ccccc3C)cccc2[CH]1[Zr]([CH3])([CH3])(=[SiH2])[CH]1C(C)=Cc2c(-c3ccccc3C)cccc21.Cl.Cl. The Labute approximate surface area is 255 Å². The molecule has 0 nitrogen and oxygen atoms in total. The predicted octanol–water partition coefficient (Wildman–Crippen LogP) is 10.4. The van der Waals surface area contributed by atoms with Crippen LogP contribution in [-0.2, 0) is 17.4 Å². The molecule has 0 radical (unpaired) electrons. The predicted molar refractivity (Wildman–Crippen MR) is 181 cm³/mol. The van der Waals surface area contributed by atoms with Gasteiger partial charge in [0.05, 0.1) is 0 Å². The molecule has 40 heavy (non-hydrogen) atoms. The second kappa shape index (κ2) is 11.0. The zero-order chi connectivity index (χ0) is 26.8. The molecule has 0 bridgehead atoms. The molecule has 0 saturated carbocycles. The van der Waals surface area contributed by atoms with E-state index in [1.54, 1.807) is 22.3 Å². The van der Waals surface area contributed by atoms with Crippen LogP contribution >= 0.6 is 24.8 Å². The summed E-state index contributed by atoms with van der Waals surface area (Å²) in [4.78, 5) is 0. The van der Waals surface area contributed by atoms with Gasteiger partial charge in [0.1, 0.15) is 0 Å². The second-order valence-corrected chi connectivity index (χ2v) is 43.3. The normalized spacial score (nSPS) is 17.7. The van der Waals surface area contributed by atoms with Crippen LogP contribution in [0, 0.1) is 13.8 Å². The minimum absolute atomic E-state index is 0. The van der Waals surface area contributed by atoms with E-state index in [1.807, 2.05) is 0 Å². The summed E-state index contributed by atoms with van der Waals surface area (Å²) in [6.07, 6.45) is 5.05. The minimum Gasteiger partial charge on any atom is -0.147 e. The van der Waals surface area contributed by atoms with Gasteiger partial charge in [0.15, 0.2) is 0 Å². The summed E-state index contributed by atoms with van der Waals surface area (Å²) in [5, 5.41) is 0. The van der Waals surface area contributed by atoms with E-state index in [2.05, 4.69) is 141 Å². The topological polar surface area (TPSA) is 0 Å². The third-order valence-electron chi connectivity index (χ3n) is 9.32. The van der Waals surface area contributed by atoms with E-state index in [0.29, 0.717) is 7.25 Å². The smallest absolute Gasteiger partial charge is 0.147 e. The molecule has 4 heteroatoms. The summed E-state index contributed by atoms with van der Waals surface area (Å²) in [7, 11) is 0. The van der Waals surface area contributed by atoms with Crippen LogP contribution in [0.4, 0.5) is 0 Å². The summed E-state index contributed by atoms with van der Waals surface area (Å²) >= 11 is -3.52.